The number of aromatic nitrogens is 1. The predicted octanol–water partition coefficient (Wildman–Crippen LogP) is 11.0. The molecule has 206 valence electrons. The van der Waals surface area contributed by atoms with Gasteiger partial charge in [0.1, 0.15) is 5.75 Å². The Balaban J connectivity index is 1.26. The van der Waals surface area contributed by atoms with Crippen LogP contribution in [0, 0.1) is 11.8 Å². The molecule has 0 aliphatic heterocycles. The monoisotopic (exact) mass is 505 g/mol. The quantitative estimate of drug-likeness (QED) is 0.177. The lowest BCUT2D eigenvalue weighted by molar-refractivity contribution is 0.228. The number of rotatable bonds is 19. The number of nitrogens with zero attached hydrogens (tertiary/aromatic N) is 1. The zero-order valence-electron chi connectivity index (χ0n) is 24.2. The molecule has 0 saturated heterocycles. The van der Waals surface area contributed by atoms with Crippen LogP contribution in [0.2, 0.25) is 0 Å². The highest BCUT2D eigenvalue weighted by atomic mass is 16.5. The minimum atomic E-state index is 0.835. The molecule has 1 aromatic carbocycles. The van der Waals surface area contributed by atoms with E-state index in [1.54, 1.807) is 0 Å². The van der Waals surface area contributed by atoms with E-state index in [4.69, 9.17) is 9.72 Å². The van der Waals surface area contributed by atoms with E-state index in [2.05, 4.69) is 56.4 Å². The largest absolute Gasteiger partial charge is 0.494 e. The maximum Gasteiger partial charge on any atom is 0.119 e. The molecule has 0 unspecified atom stereocenters. The Morgan fingerprint density at radius 1 is 0.649 bits per heavy atom. The summed E-state index contributed by atoms with van der Waals surface area (Å²) in [4.78, 5) is 4.73. The minimum absolute atomic E-state index is 0.835. The SMILES string of the molecule is CCCCCCCCc1ccc(-c2ccc(OCCCC3CCC(CCCCCCC)CC3)cc2)nc1. The molecule has 0 atom stereocenters. The van der Waals surface area contributed by atoms with Crippen molar-refractivity contribution in [3.63, 3.8) is 0 Å². The summed E-state index contributed by atoms with van der Waals surface area (Å²) in [5.74, 6) is 2.92. The van der Waals surface area contributed by atoms with Gasteiger partial charge in [0.2, 0.25) is 0 Å². The Morgan fingerprint density at radius 2 is 1.24 bits per heavy atom. The zero-order chi connectivity index (χ0) is 26.0. The van der Waals surface area contributed by atoms with Crippen molar-refractivity contribution in [3.8, 4) is 17.0 Å². The summed E-state index contributed by atoms with van der Waals surface area (Å²) in [6.45, 7) is 5.41. The van der Waals surface area contributed by atoms with Gasteiger partial charge in [0, 0.05) is 11.8 Å². The molecule has 1 aliphatic carbocycles. The summed E-state index contributed by atoms with van der Waals surface area (Å²) in [5, 5.41) is 0. The normalized spacial score (nSPS) is 17.7. The molecule has 2 aromatic rings. The van der Waals surface area contributed by atoms with E-state index in [-0.39, 0.29) is 0 Å². The van der Waals surface area contributed by atoms with Gasteiger partial charge in [0.15, 0.2) is 0 Å². The highest BCUT2D eigenvalue weighted by molar-refractivity contribution is 5.60. The molecule has 0 radical (unpaired) electrons. The smallest absolute Gasteiger partial charge is 0.119 e. The van der Waals surface area contributed by atoms with Gasteiger partial charge >= 0.3 is 0 Å². The fourth-order valence-electron chi connectivity index (χ4n) is 5.98. The molecule has 1 saturated carbocycles. The molecule has 1 fully saturated rings. The molecule has 0 spiro atoms. The fourth-order valence-corrected chi connectivity index (χ4v) is 5.98. The van der Waals surface area contributed by atoms with Gasteiger partial charge in [-0.15, -0.1) is 0 Å². The van der Waals surface area contributed by atoms with E-state index in [1.165, 1.54) is 127 Å². The maximum atomic E-state index is 6.07. The standard InChI is InChI=1S/C35H55NO/c1-3-5-7-9-11-13-16-32-22-27-35(36-29-32)33-23-25-34(26-24-33)37-28-14-17-31-20-18-30(19-21-31)15-12-10-8-6-4-2/h22-27,29-31H,3-21,28H2,1-2H3. The highest BCUT2D eigenvalue weighted by Gasteiger charge is 2.20. The third-order valence-corrected chi connectivity index (χ3v) is 8.50. The van der Waals surface area contributed by atoms with Crippen molar-refractivity contribution in [2.24, 2.45) is 11.8 Å². The van der Waals surface area contributed by atoms with E-state index in [0.717, 1.165) is 36.3 Å². The molecular formula is C35H55NO. The Kier molecular flexibility index (Phi) is 14.8. The van der Waals surface area contributed by atoms with Crippen molar-refractivity contribution >= 4 is 0 Å². The number of unbranched alkanes of at least 4 members (excludes halogenated alkanes) is 9. The van der Waals surface area contributed by atoms with Crippen LogP contribution in [0.5, 0.6) is 5.75 Å². The number of hydrogen-bond donors (Lipinski definition) is 0. The van der Waals surface area contributed by atoms with E-state index in [1.807, 2.05) is 0 Å². The van der Waals surface area contributed by atoms with Crippen LogP contribution in [0.3, 0.4) is 0 Å². The molecule has 0 amide bonds. The summed E-state index contributed by atoms with van der Waals surface area (Å²) < 4.78 is 6.07. The van der Waals surface area contributed by atoms with Crippen molar-refractivity contribution < 1.29 is 4.74 Å². The second-order valence-electron chi connectivity index (χ2n) is 11.7. The number of aryl methyl sites for hydroxylation is 1. The number of ether oxygens (including phenoxy) is 1. The van der Waals surface area contributed by atoms with Crippen molar-refractivity contribution in [1.29, 1.82) is 0 Å². The third kappa shape index (κ3) is 12.1. The Morgan fingerprint density at radius 3 is 1.86 bits per heavy atom. The molecule has 1 heterocycles. The summed E-state index contributed by atoms with van der Waals surface area (Å²) >= 11 is 0. The van der Waals surface area contributed by atoms with Crippen LogP contribution in [0.15, 0.2) is 42.6 Å². The highest BCUT2D eigenvalue weighted by Crippen LogP contribution is 2.34. The molecule has 1 aromatic heterocycles. The molecular weight excluding hydrogens is 450 g/mol. The second-order valence-corrected chi connectivity index (χ2v) is 11.7. The lowest BCUT2D eigenvalue weighted by Crippen LogP contribution is -2.15. The van der Waals surface area contributed by atoms with E-state index < -0.39 is 0 Å². The molecule has 0 bridgehead atoms. The summed E-state index contributed by atoms with van der Waals surface area (Å²) in [7, 11) is 0. The van der Waals surface area contributed by atoms with Gasteiger partial charge in [-0.25, -0.2) is 0 Å². The lowest BCUT2D eigenvalue weighted by Gasteiger charge is -2.28. The van der Waals surface area contributed by atoms with Gasteiger partial charge in [-0.05, 0) is 73.4 Å². The first kappa shape index (κ1) is 29.7. The van der Waals surface area contributed by atoms with Crippen molar-refractivity contribution in [2.75, 3.05) is 6.61 Å². The molecule has 3 rings (SSSR count). The Bertz CT molecular complexity index is 804. The maximum absolute atomic E-state index is 6.07. The summed E-state index contributed by atoms with van der Waals surface area (Å²) in [6, 6.07) is 12.9. The van der Waals surface area contributed by atoms with Gasteiger partial charge in [0.05, 0.1) is 12.3 Å². The molecule has 1 aliphatic rings. The van der Waals surface area contributed by atoms with Gasteiger partial charge < -0.3 is 4.74 Å². The van der Waals surface area contributed by atoms with Crippen LogP contribution in [0.1, 0.15) is 135 Å². The number of pyridine rings is 1. The Labute approximate surface area is 229 Å². The molecule has 2 nitrogen and oxygen atoms in total. The van der Waals surface area contributed by atoms with E-state index in [0.29, 0.717) is 0 Å². The average Bonchev–Trinajstić information content (AvgIpc) is 2.94. The van der Waals surface area contributed by atoms with E-state index >= 15 is 0 Å². The number of benzene rings is 1. The van der Waals surface area contributed by atoms with Gasteiger partial charge in [-0.3, -0.25) is 4.98 Å². The van der Waals surface area contributed by atoms with Crippen LogP contribution < -0.4 is 4.74 Å². The van der Waals surface area contributed by atoms with Crippen molar-refractivity contribution in [1.82, 2.24) is 4.98 Å². The van der Waals surface area contributed by atoms with Crippen LogP contribution in [0.4, 0.5) is 0 Å². The summed E-state index contributed by atoms with van der Waals surface area (Å²) in [5.41, 5.74) is 3.57. The van der Waals surface area contributed by atoms with E-state index in [9.17, 15) is 0 Å². The topological polar surface area (TPSA) is 22.1 Å². The van der Waals surface area contributed by atoms with Gasteiger partial charge in [0.25, 0.3) is 0 Å². The van der Waals surface area contributed by atoms with Crippen LogP contribution in [0.25, 0.3) is 11.3 Å². The van der Waals surface area contributed by atoms with Crippen LogP contribution in [-0.4, -0.2) is 11.6 Å². The molecule has 37 heavy (non-hydrogen) atoms. The first-order chi connectivity index (χ1) is 18.3. The number of hydrogen-bond acceptors (Lipinski definition) is 2. The summed E-state index contributed by atoms with van der Waals surface area (Å²) in [6.07, 6.45) is 28.2. The molecule has 2 heteroatoms. The zero-order valence-corrected chi connectivity index (χ0v) is 24.2. The van der Waals surface area contributed by atoms with Crippen molar-refractivity contribution in [2.45, 2.75) is 136 Å². The first-order valence-electron chi connectivity index (χ1n) is 16.0. The van der Waals surface area contributed by atoms with Crippen LogP contribution in [-0.2, 0) is 6.42 Å². The van der Waals surface area contributed by atoms with Crippen molar-refractivity contribution in [3.05, 3.63) is 48.2 Å². The fraction of sp³-hybridized carbons (Fsp3) is 0.686. The van der Waals surface area contributed by atoms with Gasteiger partial charge in [-0.2, -0.15) is 0 Å². The second kappa shape index (κ2) is 18.4. The first-order valence-corrected chi connectivity index (χ1v) is 16.0. The third-order valence-electron chi connectivity index (χ3n) is 8.50. The predicted molar refractivity (Wildman–Crippen MR) is 160 cm³/mol. The lowest BCUT2D eigenvalue weighted by atomic mass is 9.78. The average molecular weight is 506 g/mol. The van der Waals surface area contributed by atoms with Gasteiger partial charge in [-0.1, -0.05) is 116 Å². The molecule has 0 N–H and O–H groups in total. The van der Waals surface area contributed by atoms with Crippen LogP contribution >= 0.6 is 0 Å². The Hall–Kier alpha value is -1.83. The minimum Gasteiger partial charge on any atom is -0.494 e.